The molecule has 2 heteroatoms. The van der Waals surface area contributed by atoms with E-state index < -0.39 is 0 Å². The lowest BCUT2D eigenvalue weighted by Gasteiger charge is -2.39. The van der Waals surface area contributed by atoms with E-state index in [2.05, 4.69) is 56.9 Å². The molecule has 0 bridgehead atoms. The van der Waals surface area contributed by atoms with Crippen molar-refractivity contribution in [1.29, 1.82) is 0 Å². The van der Waals surface area contributed by atoms with Gasteiger partial charge in [-0.25, -0.2) is 0 Å². The Kier molecular flexibility index (Phi) is 4.87. The van der Waals surface area contributed by atoms with Gasteiger partial charge in [0.15, 0.2) is 0 Å². The lowest BCUT2D eigenvalue weighted by molar-refractivity contribution is 0.108. The molecule has 20 heavy (non-hydrogen) atoms. The van der Waals surface area contributed by atoms with Crippen LogP contribution in [0.2, 0.25) is 0 Å². The van der Waals surface area contributed by atoms with Gasteiger partial charge >= 0.3 is 0 Å². The second-order valence-corrected chi connectivity index (χ2v) is 7.40. The minimum atomic E-state index is 0.141. The molecule has 2 N–H and O–H groups in total. The zero-order valence-electron chi connectivity index (χ0n) is 13.5. The summed E-state index contributed by atoms with van der Waals surface area (Å²) in [6.45, 7) is 12.6. The second-order valence-electron chi connectivity index (χ2n) is 7.40. The molecule has 1 heterocycles. The summed E-state index contributed by atoms with van der Waals surface area (Å²) in [6, 6.07) is 8.64. The number of hydrogen-bond donors (Lipinski definition) is 1. The zero-order chi connectivity index (χ0) is 14.8. The molecule has 1 aliphatic heterocycles. The van der Waals surface area contributed by atoms with Crippen molar-refractivity contribution in [3.8, 4) is 0 Å². The molecule has 1 aliphatic rings. The minimum absolute atomic E-state index is 0.141. The molecule has 1 saturated heterocycles. The molecule has 1 unspecified atom stereocenters. The lowest BCUT2D eigenvalue weighted by atomic mass is 9.75. The average Bonchev–Trinajstić information content (AvgIpc) is 2.38. The number of piperidine rings is 1. The fraction of sp³-hybridized carbons (Fsp3) is 0.667. The predicted octanol–water partition coefficient (Wildman–Crippen LogP) is 3.75. The molecule has 2 nitrogen and oxygen atoms in total. The van der Waals surface area contributed by atoms with Gasteiger partial charge in [-0.1, -0.05) is 45.0 Å². The summed E-state index contributed by atoms with van der Waals surface area (Å²) >= 11 is 0. The van der Waals surface area contributed by atoms with Crippen molar-refractivity contribution in [2.45, 2.75) is 46.6 Å². The molecule has 0 aromatic heterocycles. The smallest absolute Gasteiger partial charge is 0.0426 e. The lowest BCUT2D eigenvalue weighted by Crippen LogP contribution is -2.41. The highest BCUT2D eigenvalue weighted by Crippen LogP contribution is 2.34. The van der Waals surface area contributed by atoms with E-state index in [1.807, 2.05) is 0 Å². The number of nitrogens with zero attached hydrogens (tertiary/aromatic N) is 1. The van der Waals surface area contributed by atoms with Crippen molar-refractivity contribution in [3.63, 3.8) is 0 Å². The van der Waals surface area contributed by atoms with E-state index in [-0.39, 0.29) is 6.04 Å². The SMILES string of the molecule is Cc1ccccc1C(N)CN1CCC(C(C)(C)C)CC1. The van der Waals surface area contributed by atoms with Crippen LogP contribution in [-0.4, -0.2) is 24.5 Å². The summed E-state index contributed by atoms with van der Waals surface area (Å²) in [4.78, 5) is 2.54. The maximum absolute atomic E-state index is 6.41. The maximum atomic E-state index is 6.41. The van der Waals surface area contributed by atoms with Gasteiger partial charge in [-0.3, -0.25) is 0 Å². The Labute approximate surface area is 124 Å². The monoisotopic (exact) mass is 274 g/mol. The van der Waals surface area contributed by atoms with Crippen LogP contribution in [0.15, 0.2) is 24.3 Å². The Hall–Kier alpha value is -0.860. The van der Waals surface area contributed by atoms with E-state index in [0.717, 1.165) is 12.5 Å². The van der Waals surface area contributed by atoms with Crippen molar-refractivity contribution >= 4 is 0 Å². The molecule has 1 aromatic rings. The molecule has 2 rings (SSSR count). The molecule has 0 amide bonds. The summed E-state index contributed by atoms with van der Waals surface area (Å²) in [5.74, 6) is 0.855. The molecule has 0 radical (unpaired) electrons. The fourth-order valence-electron chi connectivity index (χ4n) is 3.36. The molecule has 0 spiro atoms. The van der Waals surface area contributed by atoms with Crippen LogP contribution in [0.1, 0.15) is 50.8 Å². The Morgan fingerprint density at radius 3 is 2.35 bits per heavy atom. The van der Waals surface area contributed by atoms with E-state index in [0.29, 0.717) is 5.41 Å². The van der Waals surface area contributed by atoms with Gasteiger partial charge in [0.1, 0.15) is 0 Å². The standard InChI is InChI=1S/C18H30N2/c1-14-7-5-6-8-16(14)17(19)13-20-11-9-15(10-12-20)18(2,3)4/h5-8,15,17H,9-13,19H2,1-4H3. The number of nitrogens with two attached hydrogens (primary N) is 1. The second kappa shape index (κ2) is 6.28. The summed E-state index contributed by atoms with van der Waals surface area (Å²) in [5, 5.41) is 0. The molecule has 1 atom stereocenters. The molecule has 1 fully saturated rings. The zero-order valence-corrected chi connectivity index (χ0v) is 13.5. The van der Waals surface area contributed by atoms with Gasteiger partial charge in [0, 0.05) is 12.6 Å². The number of benzene rings is 1. The van der Waals surface area contributed by atoms with Crippen LogP contribution in [0.4, 0.5) is 0 Å². The third-order valence-corrected chi connectivity index (χ3v) is 4.86. The first kappa shape index (κ1) is 15.5. The van der Waals surface area contributed by atoms with Crippen molar-refractivity contribution < 1.29 is 0 Å². The highest BCUT2D eigenvalue weighted by Gasteiger charge is 2.29. The first-order chi connectivity index (χ1) is 9.38. The van der Waals surface area contributed by atoms with Gasteiger partial charge in [-0.05, 0) is 55.3 Å². The third kappa shape index (κ3) is 3.83. The van der Waals surface area contributed by atoms with Crippen LogP contribution >= 0.6 is 0 Å². The summed E-state index contributed by atoms with van der Waals surface area (Å²) in [7, 11) is 0. The molecular formula is C18H30N2. The van der Waals surface area contributed by atoms with Crippen LogP contribution in [0.3, 0.4) is 0 Å². The van der Waals surface area contributed by atoms with Crippen molar-refractivity contribution in [1.82, 2.24) is 4.90 Å². The first-order valence-electron chi connectivity index (χ1n) is 7.91. The van der Waals surface area contributed by atoms with Crippen molar-refractivity contribution in [3.05, 3.63) is 35.4 Å². The Bertz CT molecular complexity index is 425. The quantitative estimate of drug-likeness (QED) is 0.909. The average molecular weight is 274 g/mol. The Balaban J connectivity index is 1.88. The van der Waals surface area contributed by atoms with Crippen LogP contribution < -0.4 is 5.73 Å². The summed E-state index contributed by atoms with van der Waals surface area (Å²) < 4.78 is 0. The summed E-state index contributed by atoms with van der Waals surface area (Å²) in [5.41, 5.74) is 9.46. The Morgan fingerprint density at radius 1 is 1.20 bits per heavy atom. The number of aryl methyl sites for hydroxylation is 1. The van der Waals surface area contributed by atoms with Gasteiger partial charge in [-0.15, -0.1) is 0 Å². The molecule has 0 aliphatic carbocycles. The Morgan fingerprint density at radius 2 is 1.80 bits per heavy atom. The molecular weight excluding hydrogens is 244 g/mol. The van der Waals surface area contributed by atoms with Gasteiger partial charge < -0.3 is 10.6 Å². The largest absolute Gasteiger partial charge is 0.323 e. The number of rotatable bonds is 3. The van der Waals surface area contributed by atoms with Crippen LogP contribution in [0.25, 0.3) is 0 Å². The first-order valence-corrected chi connectivity index (χ1v) is 7.91. The summed E-state index contributed by atoms with van der Waals surface area (Å²) in [6.07, 6.45) is 2.62. The number of likely N-dealkylation sites (tertiary alicyclic amines) is 1. The van der Waals surface area contributed by atoms with E-state index in [1.54, 1.807) is 0 Å². The van der Waals surface area contributed by atoms with E-state index in [1.165, 1.54) is 37.1 Å². The van der Waals surface area contributed by atoms with Crippen LogP contribution in [-0.2, 0) is 0 Å². The van der Waals surface area contributed by atoms with Gasteiger partial charge in [-0.2, -0.15) is 0 Å². The third-order valence-electron chi connectivity index (χ3n) is 4.86. The predicted molar refractivity (Wildman–Crippen MR) is 86.7 cm³/mol. The van der Waals surface area contributed by atoms with Crippen molar-refractivity contribution in [2.75, 3.05) is 19.6 Å². The van der Waals surface area contributed by atoms with E-state index in [4.69, 9.17) is 5.73 Å². The maximum Gasteiger partial charge on any atom is 0.0426 e. The van der Waals surface area contributed by atoms with Gasteiger partial charge in [0.2, 0.25) is 0 Å². The normalized spacial score (nSPS) is 20.1. The van der Waals surface area contributed by atoms with E-state index in [9.17, 15) is 0 Å². The van der Waals surface area contributed by atoms with Crippen molar-refractivity contribution in [2.24, 2.45) is 17.1 Å². The molecule has 1 aromatic carbocycles. The highest BCUT2D eigenvalue weighted by molar-refractivity contribution is 5.28. The van der Waals surface area contributed by atoms with E-state index >= 15 is 0 Å². The molecule has 112 valence electrons. The number of hydrogen-bond acceptors (Lipinski definition) is 2. The molecule has 0 saturated carbocycles. The topological polar surface area (TPSA) is 29.3 Å². The van der Waals surface area contributed by atoms with Crippen LogP contribution in [0, 0.1) is 18.3 Å². The highest BCUT2D eigenvalue weighted by atomic mass is 15.1. The fourth-order valence-corrected chi connectivity index (χ4v) is 3.36. The minimum Gasteiger partial charge on any atom is -0.323 e. The van der Waals surface area contributed by atoms with Crippen LogP contribution in [0.5, 0.6) is 0 Å². The van der Waals surface area contributed by atoms with Gasteiger partial charge in [0.05, 0.1) is 0 Å². The van der Waals surface area contributed by atoms with Gasteiger partial charge in [0.25, 0.3) is 0 Å².